The number of rotatable bonds is 7. The highest BCUT2D eigenvalue weighted by Gasteiger charge is 2.31. The van der Waals surface area contributed by atoms with Gasteiger partial charge in [-0.25, -0.2) is 9.78 Å². The number of nitrogens with zero attached hydrogens (tertiary/aromatic N) is 1. The summed E-state index contributed by atoms with van der Waals surface area (Å²) < 4.78 is 10.6. The highest BCUT2D eigenvalue weighted by molar-refractivity contribution is 7.15. The molecule has 2 heterocycles. The Morgan fingerprint density at radius 3 is 2.83 bits per heavy atom. The van der Waals surface area contributed by atoms with Crippen molar-refractivity contribution in [3.63, 3.8) is 0 Å². The Bertz CT molecular complexity index is 993. The number of aromatic hydroxyl groups is 1. The van der Waals surface area contributed by atoms with E-state index in [0.29, 0.717) is 41.3 Å². The van der Waals surface area contributed by atoms with Crippen LogP contribution in [-0.4, -0.2) is 29.1 Å². The second-order valence-corrected chi connectivity index (χ2v) is 8.23. The molecule has 7 nitrogen and oxygen atoms in total. The summed E-state index contributed by atoms with van der Waals surface area (Å²) in [4.78, 5) is 29.2. The number of phenols is 1. The Morgan fingerprint density at radius 1 is 1.41 bits per heavy atom. The lowest BCUT2D eigenvalue weighted by atomic mass is 9.94. The second-order valence-electron chi connectivity index (χ2n) is 6.99. The number of carbonyl (C=O) groups is 2. The number of esters is 1. The zero-order valence-corrected chi connectivity index (χ0v) is 17.7. The van der Waals surface area contributed by atoms with Crippen LogP contribution >= 0.6 is 11.3 Å². The van der Waals surface area contributed by atoms with Gasteiger partial charge in [0.25, 0.3) is 0 Å². The second kappa shape index (κ2) is 8.65. The van der Waals surface area contributed by atoms with Gasteiger partial charge in [0.15, 0.2) is 5.13 Å². The third-order valence-electron chi connectivity index (χ3n) is 4.92. The number of allylic oxidation sites excluding steroid dienone is 2. The maximum Gasteiger partial charge on any atom is 0.342 e. The summed E-state index contributed by atoms with van der Waals surface area (Å²) in [5, 5.41) is 14.0. The number of nitrogens with one attached hydrogen (secondary N) is 1. The number of aryl methyl sites for hydroxylation is 1. The van der Waals surface area contributed by atoms with E-state index in [1.54, 1.807) is 6.20 Å². The van der Waals surface area contributed by atoms with Crippen molar-refractivity contribution in [1.82, 2.24) is 4.98 Å². The highest BCUT2D eigenvalue weighted by Crippen LogP contribution is 2.42. The van der Waals surface area contributed by atoms with E-state index in [1.807, 2.05) is 26.8 Å². The van der Waals surface area contributed by atoms with Crippen LogP contribution < -0.4 is 10.1 Å². The maximum absolute atomic E-state index is 12.1. The van der Waals surface area contributed by atoms with Gasteiger partial charge in [0.2, 0.25) is 5.91 Å². The Morgan fingerprint density at radius 2 is 2.17 bits per heavy atom. The average Bonchev–Trinajstić information content (AvgIpc) is 3.27. The summed E-state index contributed by atoms with van der Waals surface area (Å²) in [5.74, 6) is -0.144. The molecule has 154 valence electrons. The number of hydrogen-bond donors (Lipinski definition) is 2. The summed E-state index contributed by atoms with van der Waals surface area (Å²) in [5.41, 5.74) is 3.23. The van der Waals surface area contributed by atoms with Crippen molar-refractivity contribution in [1.29, 1.82) is 0 Å². The van der Waals surface area contributed by atoms with Crippen molar-refractivity contribution in [2.75, 3.05) is 12.4 Å². The van der Waals surface area contributed by atoms with E-state index >= 15 is 0 Å². The van der Waals surface area contributed by atoms with Crippen molar-refractivity contribution in [3.8, 4) is 11.5 Å². The van der Waals surface area contributed by atoms with Crippen molar-refractivity contribution < 1.29 is 24.2 Å². The third-order valence-corrected chi connectivity index (χ3v) is 5.74. The lowest BCUT2D eigenvalue weighted by molar-refractivity contribution is -0.116. The van der Waals surface area contributed by atoms with Crippen molar-refractivity contribution in [2.24, 2.45) is 0 Å². The number of aromatic nitrogens is 1. The maximum atomic E-state index is 12.1. The molecule has 2 aromatic rings. The van der Waals surface area contributed by atoms with Gasteiger partial charge in [0.05, 0.1) is 7.11 Å². The standard InChI is InChI=1S/C21H24N2O5S/c1-11(6-8-16(24)23-21-22-9-12(2)29-21)5-7-14-18(25)17-15(10-28-20(17)26)13(3)19(14)27-4/h5,9,25H,6-8,10H2,1-4H3,(H,22,23,24). The zero-order valence-electron chi connectivity index (χ0n) is 16.9. The molecule has 0 aliphatic carbocycles. The fraction of sp³-hybridized carbons (Fsp3) is 0.381. The van der Waals surface area contributed by atoms with Gasteiger partial charge >= 0.3 is 5.97 Å². The van der Waals surface area contributed by atoms with E-state index in [2.05, 4.69) is 10.3 Å². The van der Waals surface area contributed by atoms with Crippen molar-refractivity contribution in [2.45, 2.75) is 46.6 Å². The first-order chi connectivity index (χ1) is 13.8. The molecule has 0 bridgehead atoms. The molecule has 8 heteroatoms. The molecule has 29 heavy (non-hydrogen) atoms. The van der Waals surface area contributed by atoms with Crippen LogP contribution in [0.1, 0.15) is 51.7 Å². The number of fused-ring (bicyclic) bond motifs is 1. The third kappa shape index (κ3) is 4.42. The lowest BCUT2D eigenvalue weighted by Gasteiger charge is -2.15. The number of anilines is 1. The predicted octanol–water partition coefficient (Wildman–Crippen LogP) is 4.05. The number of cyclic esters (lactones) is 1. The van der Waals surface area contributed by atoms with Gasteiger partial charge in [-0.15, -0.1) is 11.3 Å². The normalized spacial score (nSPS) is 13.2. The molecule has 1 aromatic heterocycles. The number of phenolic OH excluding ortho intramolecular Hbond substituents is 1. The largest absolute Gasteiger partial charge is 0.507 e. The van der Waals surface area contributed by atoms with Gasteiger partial charge in [0, 0.05) is 28.6 Å². The molecular formula is C21H24N2O5S. The number of methoxy groups -OCH3 is 1. The van der Waals surface area contributed by atoms with Crippen LogP contribution in [0.5, 0.6) is 11.5 Å². The molecule has 1 aromatic carbocycles. The minimum atomic E-state index is -0.515. The zero-order chi connectivity index (χ0) is 21.1. The minimum absolute atomic E-state index is 0.0918. The molecule has 0 saturated carbocycles. The molecular weight excluding hydrogens is 392 g/mol. The molecule has 1 amide bonds. The van der Waals surface area contributed by atoms with Gasteiger partial charge in [-0.05, 0) is 39.2 Å². The van der Waals surface area contributed by atoms with E-state index in [0.717, 1.165) is 16.0 Å². The monoisotopic (exact) mass is 416 g/mol. The van der Waals surface area contributed by atoms with Gasteiger partial charge < -0.3 is 19.9 Å². The van der Waals surface area contributed by atoms with E-state index in [-0.39, 0.29) is 23.8 Å². The quantitative estimate of drug-likeness (QED) is 0.522. The molecule has 0 atom stereocenters. The molecule has 0 spiro atoms. The van der Waals surface area contributed by atoms with Gasteiger partial charge in [0.1, 0.15) is 23.7 Å². The number of carbonyl (C=O) groups excluding carboxylic acids is 2. The molecule has 1 aliphatic heterocycles. The Kier molecular flexibility index (Phi) is 6.22. The Labute approximate surface area is 173 Å². The van der Waals surface area contributed by atoms with Crippen LogP contribution in [0.3, 0.4) is 0 Å². The van der Waals surface area contributed by atoms with E-state index in [1.165, 1.54) is 18.4 Å². The summed E-state index contributed by atoms with van der Waals surface area (Å²) in [6.07, 6.45) is 4.95. The van der Waals surface area contributed by atoms with Crippen LogP contribution in [0.25, 0.3) is 0 Å². The summed E-state index contributed by atoms with van der Waals surface area (Å²) in [7, 11) is 1.54. The molecule has 0 fully saturated rings. The van der Waals surface area contributed by atoms with Crippen molar-refractivity contribution >= 4 is 28.3 Å². The highest BCUT2D eigenvalue weighted by atomic mass is 32.1. The van der Waals surface area contributed by atoms with E-state index < -0.39 is 5.97 Å². The first-order valence-electron chi connectivity index (χ1n) is 9.28. The van der Waals surface area contributed by atoms with Crippen LogP contribution in [-0.2, 0) is 22.6 Å². The lowest BCUT2D eigenvalue weighted by Crippen LogP contribution is -2.10. The molecule has 0 radical (unpaired) electrons. The van der Waals surface area contributed by atoms with Crippen molar-refractivity contribution in [3.05, 3.63) is 45.0 Å². The van der Waals surface area contributed by atoms with Crippen LogP contribution in [0.15, 0.2) is 17.8 Å². The van der Waals surface area contributed by atoms with Gasteiger partial charge in [-0.1, -0.05) is 11.6 Å². The van der Waals surface area contributed by atoms with Gasteiger partial charge in [-0.3, -0.25) is 4.79 Å². The van der Waals surface area contributed by atoms with E-state index in [9.17, 15) is 14.7 Å². The molecule has 1 aliphatic rings. The fourth-order valence-corrected chi connectivity index (χ4v) is 3.99. The average molecular weight is 416 g/mol. The molecule has 2 N–H and O–H groups in total. The van der Waals surface area contributed by atoms with Crippen LogP contribution in [0.2, 0.25) is 0 Å². The number of amides is 1. The summed E-state index contributed by atoms with van der Waals surface area (Å²) >= 11 is 1.44. The summed E-state index contributed by atoms with van der Waals surface area (Å²) in [6, 6.07) is 0. The SMILES string of the molecule is COc1c(C)c2c(c(O)c1CC=C(C)CCC(=O)Nc1ncc(C)s1)C(=O)OC2. The topological polar surface area (TPSA) is 97.8 Å². The predicted molar refractivity (Wildman–Crippen MR) is 111 cm³/mol. The first-order valence-corrected chi connectivity index (χ1v) is 10.1. The Balaban J connectivity index is 1.69. The number of hydrogen-bond acceptors (Lipinski definition) is 7. The first kappa shape index (κ1) is 20.9. The summed E-state index contributed by atoms with van der Waals surface area (Å²) in [6.45, 7) is 5.86. The molecule has 0 unspecified atom stereocenters. The Hall–Kier alpha value is -2.87. The number of thiazole rings is 1. The minimum Gasteiger partial charge on any atom is -0.507 e. The van der Waals surface area contributed by atoms with Crippen LogP contribution in [0.4, 0.5) is 5.13 Å². The van der Waals surface area contributed by atoms with Gasteiger partial charge in [-0.2, -0.15) is 0 Å². The fourth-order valence-electron chi connectivity index (χ4n) is 3.31. The smallest absolute Gasteiger partial charge is 0.342 e. The number of ether oxygens (including phenoxy) is 2. The van der Waals surface area contributed by atoms with Crippen LogP contribution in [0, 0.1) is 13.8 Å². The molecule has 0 saturated heterocycles. The van der Waals surface area contributed by atoms with E-state index in [4.69, 9.17) is 9.47 Å². The molecule has 3 rings (SSSR count). The number of benzene rings is 1.